The van der Waals surface area contributed by atoms with Gasteiger partial charge in [-0.3, -0.25) is 9.69 Å². The minimum atomic E-state index is -0.392. The van der Waals surface area contributed by atoms with Crippen molar-refractivity contribution in [2.24, 2.45) is 0 Å². The van der Waals surface area contributed by atoms with Gasteiger partial charge in [0.1, 0.15) is 6.04 Å². The zero-order valence-electron chi connectivity index (χ0n) is 23.6. The summed E-state index contributed by atoms with van der Waals surface area (Å²) in [6.45, 7) is 9.92. The van der Waals surface area contributed by atoms with Gasteiger partial charge in [0.2, 0.25) is 0 Å². The third-order valence-electron chi connectivity index (χ3n) is 8.22. The van der Waals surface area contributed by atoms with Gasteiger partial charge in [-0.25, -0.2) is 4.68 Å². The maximum absolute atomic E-state index is 13.7. The Kier molecular flexibility index (Phi) is 7.60. The molecule has 1 atom stereocenters. The Labute approximate surface area is 244 Å². The van der Waals surface area contributed by atoms with Crippen LogP contribution in [0.3, 0.4) is 0 Å². The molecule has 0 amide bonds. The minimum absolute atomic E-state index is 0.109. The highest BCUT2D eigenvalue weighted by molar-refractivity contribution is 6.30. The van der Waals surface area contributed by atoms with Gasteiger partial charge in [-0.05, 0) is 78.1 Å². The Balaban J connectivity index is 1.38. The van der Waals surface area contributed by atoms with Gasteiger partial charge < -0.3 is 9.88 Å². The molecule has 0 saturated carbocycles. The molecule has 2 aromatic heterocycles. The summed E-state index contributed by atoms with van der Waals surface area (Å²) >= 11 is 6.34. The maximum atomic E-state index is 13.7. The van der Waals surface area contributed by atoms with E-state index >= 15 is 0 Å². The molecule has 5 aromatic rings. The second-order valence-electron chi connectivity index (χ2n) is 10.9. The number of piperazine rings is 1. The number of aromatic amines is 1. The van der Waals surface area contributed by atoms with Gasteiger partial charge >= 0.3 is 0 Å². The molecule has 1 fully saturated rings. The smallest absolute Gasteiger partial charge is 0.253 e. The van der Waals surface area contributed by atoms with E-state index in [1.165, 1.54) is 11.1 Å². The van der Waals surface area contributed by atoms with Gasteiger partial charge in [-0.15, -0.1) is 5.10 Å². The van der Waals surface area contributed by atoms with Crippen LogP contribution >= 0.6 is 11.6 Å². The highest BCUT2D eigenvalue weighted by Gasteiger charge is 2.33. The Bertz CT molecular complexity index is 1740. The molecule has 41 heavy (non-hydrogen) atoms. The highest BCUT2D eigenvalue weighted by atomic mass is 35.5. The average Bonchev–Trinajstić information content (AvgIpc) is 3.45. The van der Waals surface area contributed by atoms with E-state index in [1.807, 2.05) is 54.1 Å². The first-order valence-corrected chi connectivity index (χ1v) is 14.4. The normalized spacial score (nSPS) is 15.0. The summed E-state index contributed by atoms with van der Waals surface area (Å²) < 4.78 is 1.86. The van der Waals surface area contributed by atoms with Crippen LogP contribution in [0.5, 0.6) is 0 Å². The van der Waals surface area contributed by atoms with E-state index in [-0.39, 0.29) is 5.56 Å². The van der Waals surface area contributed by atoms with Crippen molar-refractivity contribution in [1.29, 1.82) is 0 Å². The van der Waals surface area contributed by atoms with Gasteiger partial charge in [-0.1, -0.05) is 60.1 Å². The molecule has 9 heteroatoms. The number of hydrogen-bond donors (Lipinski definition) is 1. The van der Waals surface area contributed by atoms with E-state index in [0.717, 1.165) is 65.3 Å². The largest absolute Gasteiger partial charge is 0.369 e. The van der Waals surface area contributed by atoms with Gasteiger partial charge in [-0.2, -0.15) is 0 Å². The quantitative estimate of drug-likeness (QED) is 0.289. The van der Waals surface area contributed by atoms with Gasteiger partial charge in [0.05, 0.1) is 5.52 Å². The van der Waals surface area contributed by atoms with E-state index in [9.17, 15) is 4.79 Å². The number of fused-ring (bicyclic) bond motifs is 1. The summed E-state index contributed by atoms with van der Waals surface area (Å²) in [6, 6.07) is 22.1. The summed E-state index contributed by atoms with van der Waals surface area (Å²) in [6.07, 6.45) is 0.791. The van der Waals surface area contributed by atoms with Crippen molar-refractivity contribution >= 4 is 28.2 Å². The molecule has 0 bridgehead atoms. The molecule has 0 spiro atoms. The number of aryl methyl sites for hydroxylation is 5. The number of benzene rings is 3. The number of rotatable bonds is 7. The van der Waals surface area contributed by atoms with Crippen LogP contribution in [0.4, 0.5) is 5.69 Å². The summed E-state index contributed by atoms with van der Waals surface area (Å²) in [7, 11) is 0. The van der Waals surface area contributed by atoms with Crippen molar-refractivity contribution in [3.63, 3.8) is 0 Å². The predicted octanol–water partition coefficient (Wildman–Crippen LogP) is 5.25. The molecule has 1 unspecified atom stereocenters. The van der Waals surface area contributed by atoms with Crippen LogP contribution in [0.25, 0.3) is 10.9 Å². The lowest BCUT2D eigenvalue weighted by Gasteiger charge is -2.40. The van der Waals surface area contributed by atoms with Crippen LogP contribution in [-0.4, -0.2) is 56.3 Å². The number of pyridine rings is 1. The number of nitrogens with one attached hydrogen (secondary N) is 1. The third-order valence-corrected chi connectivity index (χ3v) is 8.45. The number of halogens is 1. The Morgan fingerprint density at radius 2 is 1.63 bits per heavy atom. The first-order chi connectivity index (χ1) is 19.9. The molecule has 0 radical (unpaired) electrons. The fraction of sp³-hybridized carbons (Fsp3) is 0.312. The fourth-order valence-corrected chi connectivity index (χ4v) is 6.05. The number of hydrogen-bond acceptors (Lipinski definition) is 6. The SMILES string of the molecule is Cc1ccc(Cl)cc1N1CCN(C(c2cc3c(C)ccc(C)c3[nH]c2=O)c2nnnn2CCc2ccccc2)CC1. The van der Waals surface area contributed by atoms with Crippen molar-refractivity contribution in [3.8, 4) is 0 Å². The summed E-state index contributed by atoms with van der Waals surface area (Å²) in [5.74, 6) is 0.684. The molecule has 1 aliphatic heterocycles. The number of tetrazole rings is 1. The van der Waals surface area contributed by atoms with Crippen molar-refractivity contribution in [2.45, 2.75) is 39.8 Å². The van der Waals surface area contributed by atoms with Crippen molar-refractivity contribution in [1.82, 2.24) is 30.1 Å². The van der Waals surface area contributed by atoms with Crippen LogP contribution in [0, 0.1) is 20.8 Å². The van der Waals surface area contributed by atoms with Crippen LogP contribution in [0.2, 0.25) is 5.02 Å². The Morgan fingerprint density at radius 1 is 0.902 bits per heavy atom. The fourth-order valence-electron chi connectivity index (χ4n) is 5.88. The molecule has 3 aromatic carbocycles. The predicted molar refractivity (Wildman–Crippen MR) is 164 cm³/mol. The number of anilines is 1. The lowest BCUT2D eigenvalue weighted by atomic mass is 9.99. The van der Waals surface area contributed by atoms with Crippen LogP contribution in [0.15, 0.2) is 71.5 Å². The van der Waals surface area contributed by atoms with E-state index in [2.05, 4.69) is 68.4 Å². The van der Waals surface area contributed by atoms with Crippen LogP contribution in [-0.2, 0) is 13.0 Å². The number of H-pyrrole nitrogens is 1. The topological polar surface area (TPSA) is 82.9 Å². The first-order valence-electron chi connectivity index (χ1n) is 14.1. The Morgan fingerprint density at radius 3 is 2.41 bits per heavy atom. The zero-order valence-corrected chi connectivity index (χ0v) is 24.4. The molecular formula is C32H34ClN7O. The van der Waals surface area contributed by atoms with E-state index in [1.54, 1.807) is 0 Å². The van der Waals surface area contributed by atoms with Gasteiger partial charge in [0, 0.05) is 54.4 Å². The van der Waals surface area contributed by atoms with E-state index < -0.39 is 6.04 Å². The molecule has 8 nitrogen and oxygen atoms in total. The molecule has 6 rings (SSSR count). The summed E-state index contributed by atoms with van der Waals surface area (Å²) in [4.78, 5) is 21.6. The van der Waals surface area contributed by atoms with Crippen molar-refractivity contribution in [3.05, 3.63) is 116 Å². The molecule has 210 valence electrons. The van der Waals surface area contributed by atoms with Crippen molar-refractivity contribution < 1.29 is 0 Å². The monoisotopic (exact) mass is 567 g/mol. The molecule has 1 N–H and O–H groups in total. The maximum Gasteiger partial charge on any atom is 0.253 e. The molecule has 3 heterocycles. The lowest BCUT2D eigenvalue weighted by Crippen LogP contribution is -2.49. The van der Waals surface area contributed by atoms with Gasteiger partial charge in [0.15, 0.2) is 5.82 Å². The second-order valence-corrected chi connectivity index (χ2v) is 11.3. The minimum Gasteiger partial charge on any atom is -0.369 e. The van der Waals surface area contributed by atoms with Crippen molar-refractivity contribution in [2.75, 3.05) is 31.1 Å². The molecular weight excluding hydrogens is 534 g/mol. The Hall–Kier alpha value is -4.01. The zero-order chi connectivity index (χ0) is 28.5. The van der Waals surface area contributed by atoms with E-state index in [4.69, 9.17) is 11.6 Å². The molecule has 1 saturated heterocycles. The summed E-state index contributed by atoms with van der Waals surface area (Å²) in [5, 5.41) is 14.8. The molecule has 1 aliphatic rings. The average molecular weight is 568 g/mol. The van der Waals surface area contributed by atoms with Crippen LogP contribution < -0.4 is 10.5 Å². The third kappa shape index (κ3) is 5.49. The standard InChI is InChI=1S/C32H34ClN7O/c1-21-9-10-23(3)29-26(21)20-27(32(41)34-29)30(31-35-36-37-40(31)14-13-24-7-5-4-6-8-24)39-17-15-38(16-18-39)28-19-25(33)12-11-22(28)2/h4-12,19-20,30H,13-18H2,1-3H3,(H,34,41). The second kappa shape index (κ2) is 11.5. The molecule has 0 aliphatic carbocycles. The van der Waals surface area contributed by atoms with Gasteiger partial charge in [0.25, 0.3) is 5.56 Å². The number of aromatic nitrogens is 5. The highest BCUT2D eigenvalue weighted by Crippen LogP contribution is 2.31. The summed E-state index contributed by atoms with van der Waals surface area (Å²) in [5.41, 5.74) is 7.15. The number of nitrogens with zero attached hydrogens (tertiary/aromatic N) is 6. The lowest BCUT2D eigenvalue weighted by molar-refractivity contribution is 0.199. The van der Waals surface area contributed by atoms with Crippen LogP contribution in [0.1, 0.15) is 39.7 Å². The first kappa shape index (κ1) is 27.2. The van der Waals surface area contributed by atoms with E-state index in [0.29, 0.717) is 17.9 Å².